The van der Waals surface area contributed by atoms with E-state index >= 15 is 0 Å². The Kier molecular flexibility index (Phi) is 3.87. The van der Waals surface area contributed by atoms with E-state index in [0.29, 0.717) is 22.4 Å². The molecule has 108 valence electrons. The first-order chi connectivity index (χ1) is 10.8. The fraction of sp³-hybridized carbons (Fsp3) is 0.0588. The molecule has 5 nitrogen and oxygen atoms in total. The number of hydrogen-bond donors (Lipinski definition) is 0. The zero-order valence-electron chi connectivity index (χ0n) is 11.9. The van der Waals surface area contributed by atoms with Gasteiger partial charge >= 0.3 is 0 Å². The van der Waals surface area contributed by atoms with Crippen LogP contribution in [0.3, 0.4) is 0 Å². The molecule has 0 N–H and O–H groups in total. The van der Waals surface area contributed by atoms with Crippen LogP contribution >= 0.6 is 0 Å². The zero-order valence-corrected chi connectivity index (χ0v) is 11.9. The summed E-state index contributed by atoms with van der Waals surface area (Å²) in [7, 11) is 1.49. The third-order valence-electron chi connectivity index (χ3n) is 3.21. The van der Waals surface area contributed by atoms with Gasteiger partial charge in [-0.15, -0.1) is 0 Å². The summed E-state index contributed by atoms with van der Waals surface area (Å²) in [5.74, 6) is 0.114. The standard InChI is InChI=1S/C17H13N3O2/c1-22-17-15(16(21)12-5-3-2-4-6-12)13(7-8-20-17)14-11-18-9-10-19-14/h2-11H,1H3. The third-order valence-corrected chi connectivity index (χ3v) is 3.21. The van der Waals surface area contributed by atoms with Crippen molar-refractivity contribution in [1.29, 1.82) is 0 Å². The van der Waals surface area contributed by atoms with Gasteiger partial charge in [-0.2, -0.15) is 0 Å². The average molecular weight is 291 g/mol. The number of methoxy groups -OCH3 is 1. The van der Waals surface area contributed by atoms with Gasteiger partial charge in [-0.3, -0.25) is 14.8 Å². The first kappa shape index (κ1) is 13.9. The first-order valence-electron chi connectivity index (χ1n) is 6.70. The second-order valence-electron chi connectivity index (χ2n) is 4.53. The topological polar surface area (TPSA) is 65.0 Å². The quantitative estimate of drug-likeness (QED) is 0.691. The van der Waals surface area contributed by atoms with Crippen LogP contribution in [0.1, 0.15) is 15.9 Å². The van der Waals surface area contributed by atoms with E-state index in [9.17, 15) is 4.79 Å². The van der Waals surface area contributed by atoms with E-state index in [1.54, 1.807) is 43.0 Å². The average Bonchev–Trinajstić information content (AvgIpc) is 2.62. The first-order valence-corrected chi connectivity index (χ1v) is 6.70. The molecule has 0 atom stereocenters. The fourth-order valence-electron chi connectivity index (χ4n) is 2.20. The SMILES string of the molecule is COc1nccc(-c2cnccn2)c1C(=O)c1ccccc1. The van der Waals surface area contributed by atoms with Gasteiger partial charge in [0.2, 0.25) is 5.88 Å². The maximum atomic E-state index is 12.9. The number of carbonyl (C=O) groups is 1. The smallest absolute Gasteiger partial charge is 0.225 e. The van der Waals surface area contributed by atoms with Gasteiger partial charge in [0, 0.05) is 29.7 Å². The number of rotatable bonds is 4. The number of ketones is 1. The number of carbonyl (C=O) groups excluding carboxylic acids is 1. The summed E-state index contributed by atoms with van der Waals surface area (Å²) < 4.78 is 5.27. The van der Waals surface area contributed by atoms with Gasteiger partial charge in [0.25, 0.3) is 0 Å². The molecule has 2 heterocycles. The van der Waals surface area contributed by atoms with Crippen LogP contribution in [-0.2, 0) is 0 Å². The molecule has 0 bridgehead atoms. The molecule has 0 unspecified atom stereocenters. The third kappa shape index (κ3) is 2.56. The molecule has 3 aromatic rings. The minimum atomic E-state index is -0.161. The molecule has 0 aliphatic carbocycles. The zero-order chi connectivity index (χ0) is 15.4. The molecular weight excluding hydrogens is 278 g/mol. The van der Waals surface area contributed by atoms with Crippen LogP contribution in [0.4, 0.5) is 0 Å². The second kappa shape index (κ2) is 6.13. The van der Waals surface area contributed by atoms with E-state index in [1.807, 2.05) is 18.2 Å². The van der Waals surface area contributed by atoms with Gasteiger partial charge in [0.05, 0.1) is 24.6 Å². The van der Waals surface area contributed by atoms with Crippen LogP contribution in [0.5, 0.6) is 5.88 Å². The Labute approximate surface area is 127 Å². The molecule has 0 spiro atoms. The highest BCUT2D eigenvalue weighted by molar-refractivity contribution is 6.14. The summed E-state index contributed by atoms with van der Waals surface area (Å²) in [6.45, 7) is 0. The Hall–Kier alpha value is -3.08. The summed E-state index contributed by atoms with van der Waals surface area (Å²) in [5.41, 5.74) is 2.20. The summed E-state index contributed by atoms with van der Waals surface area (Å²) in [6.07, 6.45) is 6.36. The minimum Gasteiger partial charge on any atom is -0.480 e. The summed E-state index contributed by atoms with van der Waals surface area (Å²) in [4.78, 5) is 25.3. The number of benzene rings is 1. The summed E-state index contributed by atoms with van der Waals surface area (Å²) >= 11 is 0. The van der Waals surface area contributed by atoms with Crippen LogP contribution in [-0.4, -0.2) is 27.8 Å². The molecule has 0 amide bonds. The molecule has 0 aliphatic rings. The van der Waals surface area contributed by atoms with Crippen molar-refractivity contribution in [3.63, 3.8) is 0 Å². The number of aromatic nitrogens is 3. The van der Waals surface area contributed by atoms with Gasteiger partial charge in [0.15, 0.2) is 5.78 Å². The van der Waals surface area contributed by atoms with E-state index in [0.717, 1.165) is 0 Å². The normalized spacial score (nSPS) is 10.2. The van der Waals surface area contributed by atoms with Crippen molar-refractivity contribution in [1.82, 2.24) is 15.0 Å². The lowest BCUT2D eigenvalue weighted by atomic mass is 9.98. The molecule has 5 heteroatoms. The fourth-order valence-corrected chi connectivity index (χ4v) is 2.20. The Morgan fingerprint density at radius 3 is 2.50 bits per heavy atom. The highest BCUT2D eigenvalue weighted by Gasteiger charge is 2.21. The lowest BCUT2D eigenvalue weighted by molar-refractivity contribution is 0.103. The van der Waals surface area contributed by atoms with Crippen LogP contribution in [0.25, 0.3) is 11.3 Å². The molecule has 0 saturated carbocycles. The molecule has 2 aromatic heterocycles. The maximum absolute atomic E-state index is 12.9. The summed E-state index contributed by atoms with van der Waals surface area (Å²) in [5, 5.41) is 0. The largest absolute Gasteiger partial charge is 0.480 e. The molecule has 1 aromatic carbocycles. The predicted molar refractivity (Wildman–Crippen MR) is 81.7 cm³/mol. The molecule has 0 saturated heterocycles. The van der Waals surface area contributed by atoms with E-state index < -0.39 is 0 Å². The van der Waals surface area contributed by atoms with Gasteiger partial charge in [-0.05, 0) is 6.07 Å². The number of nitrogens with zero attached hydrogens (tertiary/aromatic N) is 3. The lowest BCUT2D eigenvalue weighted by Crippen LogP contribution is -2.08. The van der Waals surface area contributed by atoms with Crippen molar-refractivity contribution in [2.24, 2.45) is 0 Å². The molecule has 0 aliphatic heterocycles. The van der Waals surface area contributed by atoms with E-state index in [1.165, 1.54) is 7.11 Å². The maximum Gasteiger partial charge on any atom is 0.225 e. The summed E-state index contributed by atoms with van der Waals surface area (Å²) in [6, 6.07) is 10.8. The molecule has 0 radical (unpaired) electrons. The highest BCUT2D eigenvalue weighted by atomic mass is 16.5. The minimum absolute atomic E-state index is 0.161. The van der Waals surface area contributed by atoms with E-state index in [4.69, 9.17) is 4.74 Å². The Bertz CT molecular complexity index is 790. The van der Waals surface area contributed by atoms with E-state index in [-0.39, 0.29) is 11.7 Å². The Morgan fingerprint density at radius 2 is 1.82 bits per heavy atom. The van der Waals surface area contributed by atoms with Crippen molar-refractivity contribution in [3.8, 4) is 17.1 Å². The molecular formula is C17H13N3O2. The predicted octanol–water partition coefficient (Wildman–Crippen LogP) is 2.78. The lowest BCUT2D eigenvalue weighted by Gasteiger charge is -2.11. The second-order valence-corrected chi connectivity index (χ2v) is 4.53. The van der Waals surface area contributed by atoms with Gasteiger partial charge < -0.3 is 4.74 Å². The van der Waals surface area contributed by atoms with Crippen LogP contribution < -0.4 is 4.74 Å². The Balaban J connectivity index is 2.19. The monoisotopic (exact) mass is 291 g/mol. The number of ether oxygens (including phenoxy) is 1. The van der Waals surface area contributed by atoms with Crippen LogP contribution in [0.2, 0.25) is 0 Å². The van der Waals surface area contributed by atoms with Gasteiger partial charge in [-0.1, -0.05) is 30.3 Å². The van der Waals surface area contributed by atoms with Crippen molar-refractivity contribution in [2.75, 3.05) is 7.11 Å². The van der Waals surface area contributed by atoms with Crippen LogP contribution in [0.15, 0.2) is 61.2 Å². The van der Waals surface area contributed by atoms with Crippen molar-refractivity contribution in [2.45, 2.75) is 0 Å². The van der Waals surface area contributed by atoms with Gasteiger partial charge in [0.1, 0.15) is 0 Å². The molecule has 3 rings (SSSR count). The number of hydrogen-bond acceptors (Lipinski definition) is 5. The molecule has 22 heavy (non-hydrogen) atoms. The highest BCUT2D eigenvalue weighted by Crippen LogP contribution is 2.29. The number of pyridine rings is 1. The van der Waals surface area contributed by atoms with E-state index in [2.05, 4.69) is 15.0 Å². The Morgan fingerprint density at radius 1 is 1.00 bits per heavy atom. The van der Waals surface area contributed by atoms with Gasteiger partial charge in [-0.25, -0.2) is 4.98 Å². The molecule has 0 fully saturated rings. The van der Waals surface area contributed by atoms with Crippen molar-refractivity contribution in [3.05, 3.63) is 72.3 Å². The van der Waals surface area contributed by atoms with Crippen LogP contribution in [0, 0.1) is 0 Å². The van der Waals surface area contributed by atoms with Crippen molar-refractivity contribution >= 4 is 5.78 Å². The van der Waals surface area contributed by atoms with Crippen molar-refractivity contribution < 1.29 is 9.53 Å².